The Morgan fingerprint density at radius 3 is 2.57 bits per heavy atom. The molecule has 4 heteroatoms. The van der Waals surface area contributed by atoms with Crippen molar-refractivity contribution in [3.8, 4) is 5.75 Å². The van der Waals surface area contributed by atoms with Crippen LogP contribution in [-0.4, -0.2) is 22.6 Å². The van der Waals surface area contributed by atoms with Gasteiger partial charge in [0.15, 0.2) is 0 Å². The molecule has 0 heterocycles. The normalized spacial score (nSPS) is 15.1. The third-order valence-electron chi connectivity index (χ3n) is 2.13. The van der Waals surface area contributed by atoms with Crippen LogP contribution < -0.4 is 5.73 Å². The van der Waals surface area contributed by atoms with E-state index in [1.807, 2.05) is 18.4 Å². The summed E-state index contributed by atoms with van der Waals surface area (Å²) in [5.41, 5.74) is 6.33. The summed E-state index contributed by atoms with van der Waals surface area (Å²) in [5, 5.41) is 19.1. The van der Waals surface area contributed by atoms with Crippen LogP contribution in [0, 0.1) is 0 Å². The summed E-state index contributed by atoms with van der Waals surface area (Å²) < 4.78 is 0. The molecule has 0 bridgehead atoms. The van der Waals surface area contributed by atoms with Gasteiger partial charge >= 0.3 is 0 Å². The molecule has 78 valence electrons. The molecule has 0 unspecified atom stereocenters. The molecule has 1 aromatic rings. The molecule has 0 aliphatic carbocycles. The van der Waals surface area contributed by atoms with Crippen LogP contribution in [0.1, 0.15) is 18.5 Å². The highest BCUT2D eigenvalue weighted by Gasteiger charge is 2.17. The Labute approximate surface area is 87.9 Å². The predicted molar refractivity (Wildman–Crippen MR) is 58.5 cm³/mol. The monoisotopic (exact) mass is 213 g/mol. The van der Waals surface area contributed by atoms with Crippen LogP contribution in [0.3, 0.4) is 0 Å². The topological polar surface area (TPSA) is 66.5 Å². The van der Waals surface area contributed by atoms with Gasteiger partial charge in [-0.3, -0.25) is 0 Å². The zero-order chi connectivity index (χ0) is 10.7. The molecular formula is C10H15NO2S. The number of hydrogen-bond acceptors (Lipinski definition) is 4. The first-order valence-electron chi connectivity index (χ1n) is 4.37. The Balaban J connectivity index is 3.09. The number of thioether (sulfide) groups is 1. The van der Waals surface area contributed by atoms with E-state index >= 15 is 0 Å². The first-order valence-corrected chi connectivity index (χ1v) is 5.60. The number of aliphatic hydroxyl groups excluding tert-OH is 1. The van der Waals surface area contributed by atoms with Gasteiger partial charge in [-0.15, -0.1) is 11.8 Å². The predicted octanol–water partition coefficient (Wildman–Crippen LogP) is 1.49. The van der Waals surface area contributed by atoms with Crippen molar-refractivity contribution in [2.75, 3.05) is 6.26 Å². The molecule has 0 radical (unpaired) electrons. The van der Waals surface area contributed by atoms with Crippen LogP contribution >= 0.6 is 11.8 Å². The van der Waals surface area contributed by atoms with E-state index in [1.165, 1.54) is 11.8 Å². The Morgan fingerprint density at radius 2 is 2.07 bits per heavy atom. The lowest BCUT2D eigenvalue weighted by atomic mass is 10.0. The average molecular weight is 213 g/mol. The van der Waals surface area contributed by atoms with Crippen molar-refractivity contribution in [3.05, 3.63) is 23.8 Å². The van der Waals surface area contributed by atoms with Crippen LogP contribution in [0.2, 0.25) is 0 Å². The number of aromatic hydroxyl groups is 1. The Kier molecular flexibility index (Phi) is 3.80. The second kappa shape index (κ2) is 4.68. The van der Waals surface area contributed by atoms with E-state index in [2.05, 4.69) is 0 Å². The maximum Gasteiger partial charge on any atom is 0.133 e. The number of aliphatic hydroxyl groups is 1. The zero-order valence-electron chi connectivity index (χ0n) is 8.27. The Bertz CT molecular complexity index is 315. The number of hydrogen-bond donors (Lipinski definition) is 3. The quantitative estimate of drug-likeness (QED) is 0.666. The van der Waals surface area contributed by atoms with Gasteiger partial charge in [0.1, 0.15) is 5.75 Å². The molecule has 4 N–H and O–H groups in total. The lowest BCUT2D eigenvalue weighted by Gasteiger charge is -2.17. The van der Waals surface area contributed by atoms with Gasteiger partial charge in [0, 0.05) is 10.5 Å². The van der Waals surface area contributed by atoms with E-state index in [0.717, 1.165) is 4.90 Å². The minimum absolute atomic E-state index is 0.174. The van der Waals surface area contributed by atoms with Gasteiger partial charge in [-0.25, -0.2) is 0 Å². The molecule has 0 fully saturated rings. The fourth-order valence-electron chi connectivity index (χ4n) is 1.23. The highest BCUT2D eigenvalue weighted by atomic mass is 32.2. The van der Waals surface area contributed by atoms with Crippen molar-refractivity contribution in [1.29, 1.82) is 0 Å². The Hall–Kier alpha value is -0.710. The molecule has 0 saturated heterocycles. The van der Waals surface area contributed by atoms with Crippen molar-refractivity contribution in [2.45, 2.75) is 24.0 Å². The average Bonchev–Trinajstić information content (AvgIpc) is 2.17. The summed E-state index contributed by atoms with van der Waals surface area (Å²) in [5.74, 6) is 0.174. The number of rotatable bonds is 3. The molecule has 0 amide bonds. The van der Waals surface area contributed by atoms with Crippen molar-refractivity contribution in [1.82, 2.24) is 0 Å². The summed E-state index contributed by atoms with van der Waals surface area (Å²) in [6.45, 7) is 1.61. The number of benzene rings is 1. The smallest absolute Gasteiger partial charge is 0.133 e. The number of phenols is 1. The highest BCUT2D eigenvalue weighted by molar-refractivity contribution is 7.98. The molecule has 3 nitrogen and oxygen atoms in total. The first kappa shape index (κ1) is 11.4. The SMILES string of the molecule is CSc1cccc([C@@H](N)[C@H](C)O)c1O. The molecular weight excluding hydrogens is 198 g/mol. The molecule has 0 spiro atoms. The molecule has 0 aliphatic heterocycles. The minimum atomic E-state index is -0.669. The van der Waals surface area contributed by atoms with E-state index in [1.54, 1.807) is 13.0 Å². The van der Waals surface area contributed by atoms with Gasteiger partial charge in [-0.05, 0) is 19.2 Å². The number of phenolic OH excluding ortho intramolecular Hbond substituents is 1. The fourth-order valence-corrected chi connectivity index (χ4v) is 1.76. The van der Waals surface area contributed by atoms with Crippen LogP contribution in [0.25, 0.3) is 0 Å². The molecule has 14 heavy (non-hydrogen) atoms. The summed E-state index contributed by atoms with van der Waals surface area (Å²) in [6, 6.07) is 4.83. The zero-order valence-corrected chi connectivity index (χ0v) is 9.08. The van der Waals surface area contributed by atoms with E-state index in [4.69, 9.17) is 5.73 Å². The molecule has 2 atom stereocenters. The van der Waals surface area contributed by atoms with Crippen molar-refractivity contribution in [3.63, 3.8) is 0 Å². The third-order valence-corrected chi connectivity index (χ3v) is 2.90. The van der Waals surface area contributed by atoms with Gasteiger partial charge in [-0.2, -0.15) is 0 Å². The van der Waals surface area contributed by atoms with E-state index in [0.29, 0.717) is 5.56 Å². The van der Waals surface area contributed by atoms with Gasteiger partial charge in [0.2, 0.25) is 0 Å². The van der Waals surface area contributed by atoms with Crippen molar-refractivity contribution >= 4 is 11.8 Å². The second-order valence-electron chi connectivity index (χ2n) is 3.16. The molecule has 0 aromatic heterocycles. The van der Waals surface area contributed by atoms with Crippen molar-refractivity contribution in [2.24, 2.45) is 5.73 Å². The Morgan fingerprint density at radius 1 is 1.43 bits per heavy atom. The van der Waals surface area contributed by atoms with Crippen molar-refractivity contribution < 1.29 is 10.2 Å². The number of nitrogens with two attached hydrogens (primary N) is 1. The van der Waals surface area contributed by atoms with Gasteiger partial charge in [-0.1, -0.05) is 12.1 Å². The standard InChI is InChI=1S/C10H15NO2S/c1-6(12)9(11)7-4-3-5-8(14-2)10(7)13/h3-6,9,12-13H,11H2,1-2H3/t6-,9-/m0/s1. The lowest BCUT2D eigenvalue weighted by Crippen LogP contribution is -2.23. The van der Waals surface area contributed by atoms with Crippen LogP contribution in [0.15, 0.2) is 23.1 Å². The van der Waals surface area contributed by atoms with Gasteiger partial charge in [0.05, 0.1) is 12.1 Å². The van der Waals surface area contributed by atoms with Gasteiger partial charge in [0.25, 0.3) is 0 Å². The number of para-hydroxylation sites is 1. The van der Waals surface area contributed by atoms with Crippen LogP contribution in [-0.2, 0) is 0 Å². The highest BCUT2D eigenvalue weighted by Crippen LogP contribution is 2.33. The molecule has 1 rings (SSSR count). The maximum absolute atomic E-state index is 9.80. The minimum Gasteiger partial charge on any atom is -0.506 e. The first-order chi connectivity index (χ1) is 6.57. The van der Waals surface area contributed by atoms with E-state index < -0.39 is 12.1 Å². The fraction of sp³-hybridized carbons (Fsp3) is 0.400. The van der Waals surface area contributed by atoms with Crippen LogP contribution in [0.5, 0.6) is 5.75 Å². The van der Waals surface area contributed by atoms with Gasteiger partial charge < -0.3 is 15.9 Å². The van der Waals surface area contributed by atoms with Crippen LogP contribution in [0.4, 0.5) is 0 Å². The summed E-state index contributed by atoms with van der Waals surface area (Å²) in [7, 11) is 0. The largest absolute Gasteiger partial charge is 0.506 e. The summed E-state index contributed by atoms with van der Waals surface area (Å²) in [4.78, 5) is 0.776. The summed E-state index contributed by atoms with van der Waals surface area (Å²) >= 11 is 1.45. The molecule has 0 aliphatic rings. The van der Waals surface area contributed by atoms with E-state index in [-0.39, 0.29) is 5.75 Å². The van der Waals surface area contributed by atoms with E-state index in [9.17, 15) is 10.2 Å². The second-order valence-corrected chi connectivity index (χ2v) is 4.01. The summed E-state index contributed by atoms with van der Waals surface area (Å²) in [6.07, 6.45) is 1.21. The molecule has 1 aromatic carbocycles. The maximum atomic E-state index is 9.80. The third kappa shape index (κ3) is 2.20. The lowest BCUT2D eigenvalue weighted by molar-refractivity contribution is 0.162. The molecule has 0 saturated carbocycles.